The molecule has 0 bridgehead atoms. The van der Waals surface area contributed by atoms with Crippen molar-refractivity contribution in [3.8, 4) is 6.07 Å². The second kappa shape index (κ2) is 6.87. The van der Waals surface area contributed by atoms with E-state index in [-0.39, 0.29) is 5.82 Å². The number of para-hydroxylation sites is 1. The molecule has 4 heteroatoms. The SMILES string of the molecule is C[C@H](N)c1c(F)cccc1N(CCC#N)c1ccccc1. The van der Waals surface area contributed by atoms with Gasteiger partial charge in [0, 0.05) is 29.5 Å². The zero-order chi connectivity index (χ0) is 15.2. The fraction of sp³-hybridized carbons (Fsp3) is 0.235. The molecule has 0 saturated carbocycles. The predicted molar refractivity (Wildman–Crippen MR) is 82.7 cm³/mol. The molecule has 1 atom stereocenters. The van der Waals surface area contributed by atoms with Gasteiger partial charge in [0.25, 0.3) is 0 Å². The Labute approximate surface area is 124 Å². The zero-order valence-electron chi connectivity index (χ0n) is 12.0. The number of rotatable bonds is 5. The van der Waals surface area contributed by atoms with Crippen LogP contribution in [-0.2, 0) is 0 Å². The van der Waals surface area contributed by atoms with Crippen molar-refractivity contribution in [2.24, 2.45) is 5.73 Å². The maximum absolute atomic E-state index is 14.1. The fourth-order valence-corrected chi connectivity index (χ4v) is 2.37. The second-order valence-corrected chi connectivity index (χ2v) is 4.86. The van der Waals surface area contributed by atoms with Gasteiger partial charge in [-0.1, -0.05) is 24.3 Å². The van der Waals surface area contributed by atoms with E-state index in [0.717, 1.165) is 5.69 Å². The monoisotopic (exact) mass is 283 g/mol. The van der Waals surface area contributed by atoms with E-state index in [1.54, 1.807) is 13.0 Å². The van der Waals surface area contributed by atoms with E-state index >= 15 is 0 Å². The van der Waals surface area contributed by atoms with Gasteiger partial charge in [0.2, 0.25) is 0 Å². The summed E-state index contributed by atoms with van der Waals surface area (Å²) in [4.78, 5) is 1.94. The minimum Gasteiger partial charge on any atom is -0.340 e. The van der Waals surface area contributed by atoms with Gasteiger partial charge in [0.15, 0.2) is 0 Å². The molecule has 0 aliphatic rings. The molecule has 2 rings (SSSR count). The number of nitrogens with zero attached hydrogens (tertiary/aromatic N) is 2. The van der Waals surface area contributed by atoms with Crippen molar-refractivity contribution in [3.05, 3.63) is 59.9 Å². The van der Waals surface area contributed by atoms with E-state index in [1.165, 1.54) is 6.07 Å². The summed E-state index contributed by atoms with van der Waals surface area (Å²) in [6, 6.07) is 16.3. The van der Waals surface area contributed by atoms with Crippen LogP contribution in [0.5, 0.6) is 0 Å². The average Bonchev–Trinajstić information content (AvgIpc) is 2.48. The van der Waals surface area contributed by atoms with Crippen LogP contribution in [0.3, 0.4) is 0 Å². The van der Waals surface area contributed by atoms with Gasteiger partial charge in [0.1, 0.15) is 5.82 Å². The number of anilines is 2. The number of hydrogen-bond acceptors (Lipinski definition) is 3. The van der Waals surface area contributed by atoms with E-state index in [9.17, 15) is 4.39 Å². The Hall–Kier alpha value is -2.38. The molecule has 0 heterocycles. The highest BCUT2D eigenvalue weighted by Crippen LogP contribution is 2.33. The quantitative estimate of drug-likeness (QED) is 0.905. The molecule has 0 saturated heterocycles. The van der Waals surface area contributed by atoms with Crippen LogP contribution in [0.2, 0.25) is 0 Å². The van der Waals surface area contributed by atoms with Gasteiger partial charge in [-0.3, -0.25) is 0 Å². The summed E-state index contributed by atoms with van der Waals surface area (Å²) < 4.78 is 14.1. The van der Waals surface area contributed by atoms with Crippen LogP contribution in [0.25, 0.3) is 0 Å². The molecule has 0 amide bonds. The minimum absolute atomic E-state index is 0.319. The maximum atomic E-state index is 14.1. The van der Waals surface area contributed by atoms with Crippen LogP contribution in [0.15, 0.2) is 48.5 Å². The molecule has 0 aromatic heterocycles. The standard InChI is InChI=1S/C17H18FN3/c1-13(20)17-15(18)9-5-10-16(17)21(12-6-11-19)14-7-3-2-4-8-14/h2-5,7-10,13H,6,12,20H2,1H3/t13-/m0/s1. The van der Waals surface area contributed by atoms with Gasteiger partial charge >= 0.3 is 0 Å². The Balaban J connectivity index is 2.52. The first-order valence-corrected chi connectivity index (χ1v) is 6.88. The van der Waals surface area contributed by atoms with E-state index in [0.29, 0.717) is 24.2 Å². The molecule has 3 nitrogen and oxygen atoms in total. The lowest BCUT2D eigenvalue weighted by Gasteiger charge is -2.28. The summed E-state index contributed by atoms with van der Waals surface area (Å²) >= 11 is 0. The molecule has 21 heavy (non-hydrogen) atoms. The molecule has 0 aliphatic heterocycles. The molecule has 0 fully saturated rings. The number of hydrogen-bond donors (Lipinski definition) is 1. The Kier molecular flexibility index (Phi) is 4.91. The highest BCUT2D eigenvalue weighted by atomic mass is 19.1. The molecule has 0 aliphatic carbocycles. The summed E-state index contributed by atoms with van der Waals surface area (Å²) in [5.41, 5.74) is 8.03. The Bertz CT molecular complexity index is 632. The van der Waals surface area contributed by atoms with Crippen molar-refractivity contribution in [1.82, 2.24) is 0 Å². The summed E-state index contributed by atoms with van der Waals surface area (Å²) in [5, 5.41) is 8.87. The maximum Gasteiger partial charge on any atom is 0.130 e. The topological polar surface area (TPSA) is 53.0 Å². The van der Waals surface area contributed by atoms with Crippen molar-refractivity contribution < 1.29 is 4.39 Å². The number of nitriles is 1. The van der Waals surface area contributed by atoms with E-state index in [1.807, 2.05) is 41.3 Å². The number of halogens is 1. The van der Waals surface area contributed by atoms with Crippen LogP contribution in [0.1, 0.15) is 24.9 Å². The van der Waals surface area contributed by atoms with E-state index in [4.69, 9.17) is 11.0 Å². The lowest BCUT2D eigenvalue weighted by molar-refractivity contribution is 0.593. The summed E-state index contributed by atoms with van der Waals surface area (Å²) in [6.07, 6.45) is 0.351. The van der Waals surface area contributed by atoms with Gasteiger partial charge < -0.3 is 10.6 Å². The van der Waals surface area contributed by atoms with Crippen molar-refractivity contribution >= 4 is 11.4 Å². The molecular formula is C17H18FN3. The molecular weight excluding hydrogens is 265 g/mol. The van der Waals surface area contributed by atoms with Gasteiger partial charge in [-0.25, -0.2) is 4.39 Å². The second-order valence-electron chi connectivity index (χ2n) is 4.86. The molecule has 2 N–H and O–H groups in total. The van der Waals surface area contributed by atoms with Gasteiger partial charge in [0.05, 0.1) is 12.5 Å². The van der Waals surface area contributed by atoms with Crippen molar-refractivity contribution in [2.75, 3.05) is 11.4 Å². The normalized spacial score (nSPS) is 11.7. The van der Waals surface area contributed by atoms with Crippen LogP contribution >= 0.6 is 0 Å². The van der Waals surface area contributed by atoms with Gasteiger partial charge in [-0.15, -0.1) is 0 Å². The molecule has 0 spiro atoms. The minimum atomic E-state index is -0.422. The smallest absolute Gasteiger partial charge is 0.130 e. The summed E-state index contributed by atoms with van der Waals surface area (Å²) in [6.45, 7) is 2.25. The molecule has 0 unspecified atom stereocenters. The Morgan fingerprint density at radius 2 is 1.90 bits per heavy atom. The van der Waals surface area contributed by atoms with Crippen LogP contribution in [0, 0.1) is 17.1 Å². The highest BCUT2D eigenvalue weighted by molar-refractivity contribution is 5.67. The third-order valence-electron chi connectivity index (χ3n) is 3.29. The number of benzene rings is 2. The van der Waals surface area contributed by atoms with E-state index < -0.39 is 6.04 Å². The fourth-order valence-electron chi connectivity index (χ4n) is 2.37. The zero-order valence-corrected chi connectivity index (χ0v) is 12.0. The largest absolute Gasteiger partial charge is 0.340 e. The van der Waals surface area contributed by atoms with Crippen LogP contribution in [0.4, 0.5) is 15.8 Å². The first kappa shape index (κ1) is 15.0. The van der Waals surface area contributed by atoms with Gasteiger partial charge in [-0.2, -0.15) is 5.26 Å². The van der Waals surface area contributed by atoms with Crippen molar-refractivity contribution in [3.63, 3.8) is 0 Å². The Morgan fingerprint density at radius 3 is 2.52 bits per heavy atom. The van der Waals surface area contributed by atoms with Gasteiger partial charge in [-0.05, 0) is 31.2 Å². The lowest BCUT2D eigenvalue weighted by Crippen LogP contribution is -2.22. The predicted octanol–water partition coefficient (Wildman–Crippen LogP) is 3.90. The van der Waals surface area contributed by atoms with Crippen molar-refractivity contribution in [2.45, 2.75) is 19.4 Å². The Morgan fingerprint density at radius 1 is 1.19 bits per heavy atom. The average molecular weight is 283 g/mol. The van der Waals surface area contributed by atoms with Crippen molar-refractivity contribution in [1.29, 1.82) is 5.26 Å². The number of nitrogens with two attached hydrogens (primary N) is 1. The molecule has 2 aromatic rings. The summed E-state index contributed by atoms with van der Waals surface area (Å²) in [5.74, 6) is -0.319. The van der Waals surface area contributed by atoms with Crippen LogP contribution in [-0.4, -0.2) is 6.54 Å². The van der Waals surface area contributed by atoms with Crippen LogP contribution < -0.4 is 10.6 Å². The van der Waals surface area contributed by atoms with E-state index in [2.05, 4.69) is 6.07 Å². The third kappa shape index (κ3) is 3.39. The molecule has 108 valence electrons. The highest BCUT2D eigenvalue weighted by Gasteiger charge is 2.18. The molecule has 2 aromatic carbocycles. The molecule has 0 radical (unpaired) electrons. The first-order chi connectivity index (χ1) is 10.1. The lowest BCUT2D eigenvalue weighted by atomic mass is 10.0. The summed E-state index contributed by atoms with van der Waals surface area (Å²) in [7, 11) is 0. The third-order valence-corrected chi connectivity index (χ3v) is 3.29. The first-order valence-electron chi connectivity index (χ1n) is 6.88.